The van der Waals surface area contributed by atoms with Crippen molar-refractivity contribution in [3.63, 3.8) is 0 Å². The molecule has 0 unspecified atom stereocenters. The number of rotatable bonds is 4. The molecule has 0 bridgehead atoms. The molecule has 1 aliphatic rings. The summed E-state index contributed by atoms with van der Waals surface area (Å²) in [6.45, 7) is 1.35. The molecule has 144 valence electrons. The number of benzene rings is 2. The average Bonchev–Trinajstić information content (AvgIpc) is 2.74. The van der Waals surface area contributed by atoms with Crippen LogP contribution in [-0.2, 0) is 6.42 Å². The molecule has 3 aromatic rings. The van der Waals surface area contributed by atoms with E-state index in [0.717, 1.165) is 19.3 Å². The summed E-state index contributed by atoms with van der Waals surface area (Å²) in [5.74, 6) is 1.02. The van der Waals surface area contributed by atoms with Crippen molar-refractivity contribution in [2.75, 3.05) is 20.2 Å². The number of nitrogens with zero attached hydrogens (tertiary/aromatic N) is 1. The van der Waals surface area contributed by atoms with Gasteiger partial charge in [0.1, 0.15) is 11.3 Å². The lowest BCUT2D eigenvalue weighted by molar-refractivity contribution is 0.0659. The molecular formula is C23H23NO4. The van der Waals surface area contributed by atoms with E-state index >= 15 is 0 Å². The first-order valence-electron chi connectivity index (χ1n) is 9.59. The molecule has 28 heavy (non-hydrogen) atoms. The van der Waals surface area contributed by atoms with Crippen LogP contribution in [0.4, 0.5) is 0 Å². The summed E-state index contributed by atoms with van der Waals surface area (Å²) in [6.07, 6.45) is 2.94. The quantitative estimate of drug-likeness (QED) is 0.692. The third kappa shape index (κ3) is 3.79. The zero-order valence-electron chi connectivity index (χ0n) is 15.9. The molecule has 2 aromatic carbocycles. The molecule has 2 heterocycles. The highest BCUT2D eigenvalue weighted by atomic mass is 16.5. The number of fused-ring (bicyclic) bond motifs is 1. The van der Waals surface area contributed by atoms with Crippen LogP contribution in [0.1, 0.15) is 29.0 Å². The molecule has 1 saturated heterocycles. The van der Waals surface area contributed by atoms with Gasteiger partial charge in [0.05, 0.1) is 12.5 Å². The molecule has 4 rings (SSSR count). The molecule has 1 aliphatic heterocycles. The Bertz CT molecular complexity index is 1030. The fraction of sp³-hybridized carbons (Fsp3) is 0.304. The van der Waals surface area contributed by atoms with Crippen molar-refractivity contribution < 1.29 is 13.9 Å². The van der Waals surface area contributed by atoms with E-state index < -0.39 is 0 Å². The highest BCUT2D eigenvalue weighted by Crippen LogP contribution is 2.24. The Morgan fingerprint density at radius 1 is 1.11 bits per heavy atom. The number of likely N-dealkylation sites (tertiary alicyclic amines) is 1. The summed E-state index contributed by atoms with van der Waals surface area (Å²) in [5.41, 5.74) is 1.49. The van der Waals surface area contributed by atoms with Crippen LogP contribution < -0.4 is 10.2 Å². The first-order valence-corrected chi connectivity index (χ1v) is 9.59. The molecule has 5 heteroatoms. The number of hydrogen-bond donors (Lipinski definition) is 0. The van der Waals surface area contributed by atoms with E-state index in [-0.39, 0.29) is 17.1 Å². The number of carbonyl (C=O) groups is 1. The van der Waals surface area contributed by atoms with Gasteiger partial charge in [0, 0.05) is 25.2 Å². The second-order valence-electron chi connectivity index (χ2n) is 7.26. The molecule has 0 N–H and O–H groups in total. The molecule has 5 nitrogen and oxygen atoms in total. The first-order chi connectivity index (χ1) is 13.6. The van der Waals surface area contributed by atoms with Gasteiger partial charge >= 0.3 is 0 Å². The third-order valence-corrected chi connectivity index (χ3v) is 5.42. The Morgan fingerprint density at radius 3 is 2.57 bits per heavy atom. The molecule has 1 fully saturated rings. The van der Waals surface area contributed by atoms with Crippen LogP contribution in [0.3, 0.4) is 0 Å². The minimum atomic E-state index is -0.222. The van der Waals surface area contributed by atoms with E-state index in [1.165, 1.54) is 11.6 Å². The van der Waals surface area contributed by atoms with Crippen LogP contribution in [0.5, 0.6) is 5.75 Å². The standard InChI is InChI=1S/C23H23NO4/c1-27-18-7-8-19-20(25)15-22(28-21(19)14-18)23(26)24-11-9-17(10-12-24)13-16-5-3-2-4-6-16/h2-8,14-15,17H,9-13H2,1H3. The van der Waals surface area contributed by atoms with Crippen molar-refractivity contribution in [3.05, 3.63) is 76.1 Å². The zero-order chi connectivity index (χ0) is 19.5. The van der Waals surface area contributed by atoms with E-state index in [1.54, 1.807) is 30.2 Å². The Morgan fingerprint density at radius 2 is 1.86 bits per heavy atom. The fourth-order valence-electron chi connectivity index (χ4n) is 3.81. The molecule has 0 atom stereocenters. The summed E-state index contributed by atoms with van der Waals surface area (Å²) >= 11 is 0. The van der Waals surface area contributed by atoms with E-state index in [2.05, 4.69) is 24.3 Å². The van der Waals surface area contributed by atoms with Gasteiger partial charge in [-0.15, -0.1) is 0 Å². The summed E-state index contributed by atoms with van der Waals surface area (Å²) < 4.78 is 10.9. The number of piperidine rings is 1. The lowest BCUT2D eigenvalue weighted by atomic mass is 9.90. The van der Waals surface area contributed by atoms with Crippen LogP contribution in [-0.4, -0.2) is 31.0 Å². The first kappa shape index (κ1) is 18.3. The molecule has 0 aliphatic carbocycles. The number of carbonyl (C=O) groups excluding carboxylic acids is 1. The monoisotopic (exact) mass is 377 g/mol. The van der Waals surface area contributed by atoms with Gasteiger partial charge < -0.3 is 14.1 Å². The van der Waals surface area contributed by atoms with Crippen LogP contribution in [0, 0.1) is 5.92 Å². The van der Waals surface area contributed by atoms with Crippen molar-refractivity contribution in [2.45, 2.75) is 19.3 Å². The average molecular weight is 377 g/mol. The van der Waals surface area contributed by atoms with Gasteiger partial charge in [-0.1, -0.05) is 30.3 Å². The van der Waals surface area contributed by atoms with Gasteiger partial charge in [-0.25, -0.2) is 0 Å². The molecule has 1 amide bonds. The fourth-order valence-corrected chi connectivity index (χ4v) is 3.81. The van der Waals surface area contributed by atoms with Crippen molar-refractivity contribution >= 4 is 16.9 Å². The smallest absolute Gasteiger partial charge is 0.289 e. The maximum absolute atomic E-state index is 12.9. The molecule has 1 aromatic heterocycles. The van der Waals surface area contributed by atoms with Crippen LogP contribution in [0.25, 0.3) is 11.0 Å². The number of ether oxygens (including phenoxy) is 1. The largest absolute Gasteiger partial charge is 0.497 e. The second-order valence-corrected chi connectivity index (χ2v) is 7.26. The minimum Gasteiger partial charge on any atom is -0.497 e. The van der Waals surface area contributed by atoms with Crippen LogP contribution in [0.2, 0.25) is 0 Å². The SMILES string of the molecule is COc1ccc2c(=O)cc(C(=O)N3CCC(Cc4ccccc4)CC3)oc2c1. The van der Waals surface area contributed by atoms with E-state index in [0.29, 0.717) is 35.7 Å². The summed E-state index contributed by atoms with van der Waals surface area (Å²) in [5, 5.41) is 0.443. The second kappa shape index (κ2) is 7.89. The van der Waals surface area contributed by atoms with Gasteiger partial charge in [0.2, 0.25) is 0 Å². The van der Waals surface area contributed by atoms with Gasteiger partial charge in [0.15, 0.2) is 11.2 Å². The van der Waals surface area contributed by atoms with Crippen molar-refractivity contribution in [1.29, 1.82) is 0 Å². The van der Waals surface area contributed by atoms with E-state index in [1.807, 2.05) is 6.07 Å². The maximum atomic E-state index is 12.9. The molecule has 0 radical (unpaired) electrons. The lowest BCUT2D eigenvalue weighted by Crippen LogP contribution is -2.39. The van der Waals surface area contributed by atoms with Gasteiger partial charge in [-0.05, 0) is 42.9 Å². The third-order valence-electron chi connectivity index (χ3n) is 5.42. The van der Waals surface area contributed by atoms with Crippen molar-refractivity contribution in [1.82, 2.24) is 4.90 Å². The van der Waals surface area contributed by atoms with Crippen molar-refractivity contribution in [2.24, 2.45) is 5.92 Å². The summed E-state index contributed by atoms with van der Waals surface area (Å²) in [6, 6.07) is 16.7. The predicted octanol–water partition coefficient (Wildman–Crippen LogP) is 3.90. The van der Waals surface area contributed by atoms with E-state index in [4.69, 9.17) is 9.15 Å². The number of methoxy groups -OCH3 is 1. The maximum Gasteiger partial charge on any atom is 0.289 e. The topological polar surface area (TPSA) is 59.8 Å². The number of hydrogen-bond acceptors (Lipinski definition) is 4. The summed E-state index contributed by atoms with van der Waals surface area (Å²) in [4.78, 5) is 27.0. The number of amides is 1. The Balaban J connectivity index is 1.47. The van der Waals surface area contributed by atoms with Crippen molar-refractivity contribution in [3.8, 4) is 5.75 Å². The van der Waals surface area contributed by atoms with Crippen LogP contribution >= 0.6 is 0 Å². The highest BCUT2D eigenvalue weighted by molar-refractivity contribution is 5.93. The molecule has 0 saturated carbocycles. The molecule has 0 spiro atoms. The Hall–Kier alpha value is -3.08. The van der Waals surface area contributed by atoms with Crippen LogP contribution in [0.15, 0.2) is 63.8 Å². The zero-order valence-corrected chi connectivity index (χ0v) is 15.9. The Kier molecular flexibility index (Phi) is 5.15. The Labute approximate surface area is 163 Å². The lowest BCUT2D eigenvalue weighted by Gasteiger charge is -2.31. The van der Waals surface area contributed by atoms with E-state index in [9.17, 15) is 9.59 Å². The highest BCUT2D eigenvalue weighted by Gasteiger charge is 2.25. The normalized spacial score (nSPS) is 15.0. The predicted molar refractivity (Wildman–Crippen MR) is 108 cm³/mol. The minimum absolute atomic E-state index is 0.0901. The molecular weight excluding hydrogens is 354 g/mol. The summed E-state index contributed by atoms with van der Waals surface area (Å²) in [7, 11) is 1.55. The van der Waals surface area contributed by atoms with Gasteiger partial charge in [0.25, 0.3) is 5.91 Å². The van der Waals surface area contributed by atoms with Gasteiger partial charge in [-0.2, -0.15) is 0 Å². The van der Waals surface area contributed by atoms with Gasteiger partial charge in [-0.3, -0.25) is 9.59 Å².